The lowest BCUT2D eigenvalue weighted by Gasteiger charge is -2.48. The molecule has 3 aliphatic rings. The fourth-order valence-electron chi connectivity index (χ4n) is 4.71. The zero-order valence-electron chi connectivity index (χ0n) is 16.1. The molecule has 6 heterocycles. The van der Waals surface area contributed by atoms with E-state index in [4.69, 9.17) is 16.6 Å². The van der Waals surface area contributed by atoms with Gasteiger partial charge in [-0.2, -0.15) is 10.1 Å². The predicted molar refractivity (Wildman–Crippen MR) is 114 cm³/mol. The molecule has 3 fully saturated rings. The van der Waals surface area contributed by atoms with Crippen molar-refractivity contribution in [2.24, 2.45) is 14.1 Å². The fourth-order valence-corrected chi connectivity index (χ4v) is 5.02. The van der Waals surface area contributed by atoms with Gasteiger partial charge in [0.05, 0.1) is 15.9 Å². The third-order valence-corrected chi connectivity index (χ3v) is 6.53. The number of fused-ring (bicyclic) bond motifs is 4. The standard InChI is InChI=1S/C20H20ClN7O/c1-26-9-14-15(25-26)4-3-12(17(14)21)13-6-22-18-16(13)19(29)27(2)20(24-18)28-7-10-5-11(8-28)23-10/h3-4,6,9-11,22-23H,5,7-8H2,1-2H3. The number of nitrogens with zero attached hydrogens (tertiary/aromatic N) is 5. The van der Waals surface area contributed by atoms with Gasteiger partial charge in [-0.05, 0) is 12.5 Å². The van der Waals surface area contributed by atoms with Crippen LogP contribution in [0.4, 0.5) is 5.95 Å². The van der Waals surface area contributed by atoms with E-state index in [1.807, 2.05) is 31.6 Å². The monoisotopic (exact) mass is 409 g/mol. The maximum absolute atomic E-state index is 13.3. The SMILES string of the molecule is Cn1cc2c(Cl)c(-c3c[nH]c4nc(N5CC6CC(C5)N6)n(C)c(=O)c34)ccc2n1. The molecule has 1 aromatic carbocycles. The van der Waals surface area contributed by atoms with Gasteiger partial charge in [-0.25, -0.2) is 0 Å². The normalized spacial score (nSPS) is 21.1. The summed E-state index contributed by atoms with van der Waals surface area (Å²) in [6, 6.07) is 4.82. The number of aromatic amines is 1. The van der Waals surface area contributed by atoms with E-state index in [0.29, 0.717) is 34.1 Å². The first-order valence-corrected chi connectivity index (χ1v) is 10.1. The molecule has 4 aromatic rings. The van der Waals surface area contributed by atoms with Gasteiger partial charge in [-0.15, -0.1) is 0 Å². The topological polar surface area (TPSA) is 83.8 Å². The largest absolute Gasteiger partial charge is 0.345 e. The van der Waals surface area contributed by atoms with Gasteiger partial charge in [0, 0.05) is 68.2 Å². The summed E-state index contributed by atoms with van der Waals surface area (Å²) in [6.45, 7) is 1.75. The summed E-state index contributed by atoms with van der Waals surface area (Å²) >= 11 is 6.70. The summed E-state index contributed by atoms with van der Waals surface area (Å²) in [6.07, 6.45) is 4.91. The molecule has 2 unspecified atom stereocenters. The van der Waals surface area contributed by atoms with Crippen molar-refractivity contribution in [3.8, 4) is 11.1 Å². The average Bonchev–Trinajstić information content (AvgIpc) is 3.28. The summed E-state index contributed by atoms with van der Waals surface area (Å²) < 4.78 is 3.39. The van der Waals surface area contributed by atoms with Crippen LogP contribution in [0.1, 0.15) is 6.42 Å². The lowest BCUT2D eigenvalue weighted by molar-refractivity contribution is 0.223. The lowest BCUT2D eigenvalue weighted by Crippen LogP contribution is -2.67. The Morgan fingerprint density at radius 3 is 2.69 bits per heavy atom. The molecule has 0 amide bonds. The molecular formula is C20H20ClN7O. The highest BCUT2D eigenvalue weighted by molar-refractivity contribution is 6.38. The van der Waals surface area contributed by atoms with Crippen molar-refractivity contribution in [1.82, 2.24) is 29.6 Å². The molecule has 8 nitrogen and oxygen atoms in total. The number of H-pyrrole nitrogens is 1. The molecule has 3 aliphatic heterocycles. The van der Waals surface area contributed by atoms with Crippen molar-refractivity contribution < 1.29 is 0 Å². The van der Waals surface area contributed by atoms with Gasteiger partial charge in [-0.1, -0.05) is 17.7 Å². The van der Waals surface area contributed by atoms with Crippen LogP contribution in [0.25, 0.3) is 33.1 Å². The van der Waals surface area contributed by atoms with Gasteiger partial charge >= 0.3 is 0 Å². The minimum Gasteiger partial charge on any atom is -0.345 e. The molecule has 3 aromatic heterocycles. The second-order valence-electron chi connectivity index (χ2n) is 8.07. The van der Waals surface area contributed by atoms with Crippen LogP contribution in [0, 0.1) is 0 Å². The van der Waals surface area contributed by atoms with Crippen LogP contribution in [-0.4, -0.2) is 49.5 Å². The molecule has 0 radical (unpaired) electrons. The Balaban J connectivity index is 1.52. The highest BCUT2D eigenvalue weighted by Gasteiger charge is 2.38. The second-order valence-corrected chi connectivity index (χ2v) is 8.44. The van der Waals surface area contributed by atoms with Gasteiger partial charge in [0.2, 0.25) is 5.95 Å². The number of benzene rings is 1. The summed E-state index contributed by atoms with van der Waals surface area (Å²) in [4.78, 5) is 23.5. The first kappa shape index (κ1) is 17.1. The number of hydrogen-bond acceptors (Lipinski definition) is 5. The van der Waals surface area contributed by atoms with Crippen LogP contribution in [0.2, 0.25) is 5.02 Å². The first-order chi connectivity index (χ1) is 14.0. The van der Waals surface area contributed by atoms with Crippen molar-refractivity contribution in [3.63, 3.8) is 0 Å². The number of rotatable bonds is 2. The Kier molecular flexibility index (Phi) is 3.43. The highest BCUT2D eigenvalue weighted by Crippen LogP contribution is 2.36. The minimum atomic E-state index is -0.0733. The zero-order chi connectivity index (χ0) is 19.9. The van der Waals surface area contributed by atoms with Crippen molar-refractivity contribution in [1.29, 1.82) is 0 Å². The molecule has 2 bridgehead atoms. The van der Waals surface area contributed by atoms with Gasteiger partial charge in [0.15, 0.2) is 0 Å². The molecule has 29 heavy (non-hydrogen) atoms. The van der Waals surface area contributed by atoms with E-state index in [9.17, 15) is 4.79 Å². The van der Waals surface area contributed by atoms with E-state index < -0.39 is 0 Å². The molecular weight excluding hydrogens is 390 g/mol. The molecule has 0 aliphatic carbocycles. The lowest BCUT2D eigenvalue weighted by atomic mass is 9.91. The second kappa shape index (κ2) is 5.84. The van der Waals surface area contributed by atoms with Crippen LogP contribution in [0.5, 0.6) is 0 Å². The zero-order valence-corrected chi connectivity index (χ0v) is 16.9. The Hall–Kier alpha value is -2.84. The van der Waals surface area contributed by atoms with E-state index in [2.05, 4.69) is 20.3 Å². The Labute approximate surface area is 171 Å². The molecule has 7 rings (SSSR count). The molecule has 0 saturated carbocycles. The number of anilines is 1. The molecule has 2 atom stereocenters. The van der Waals surface area contributed by atoms with Crippen molar-refractivity contribution >= 4 is 39.5 Å². The van der Waals surface area contributed by atoms with E-state index >= 15 is 0 Å². The Bertz CT molecular complexity index is 1330. The number of hydrogen-bond donors (Lipinski definition) is 2. The van der Waals surface area contributed by atoms with E-state index in [1.54, 1.807) is 16.3 Å². The summed E-state index contributed by atoms with van der Waals surface area (Å²) in [7, 11) is 3.66. The van der Waals surface area contributed by atoms with Gasteiger partial charge < -0.3 is 15.2 Å². The minimum absolute atomic E-state index is 0.0733. The number of piperazine rings is 1. The summed E-state index contributed by atoms with van der Waals surface area (Å²) in [5.41, 5.74) is 2.90. The van der Waals surface area contributed by atoms with Crippen LogP contribution in [0.3, 0.4) is 0 Å². The maximum atomic E-state index is 13.3. The third kappa shape index (κ3) is 2.39. The van der Waals surface area contributed by atoms with Crippen molar-refractivity contribution in [2.75, 3.05) is 18.0 Å². The number of piperidine rings is 1. The van der Waals surface area contributed by atoms with Gasteiger partial charge in [0.1, 0.15) is 5.65 Å². The third-order valence-electron chi connectivity index (χ3n) is 6.12. The molecule has 9 heteroatoms. The Morgan fingerprint density at radius 2 is 1.93 bits per heavy atom. The van der Waals surface area contributed by atoms with E-state index in [0.717, 1.165) is 35.1 Å². The predicted octanol–water partition coefficient (Wildman–Crippen LogP) is 2.02. The molecule has 0 spiro atoms. The van der Waals surface area contributed by atoms with E-state index in [1.165, 1.54) is 6.42 Å². The van der Waals surface area contributed by atoms with Gasteiger partial charge in [0.25, 0.3) is 5.56 Å². The van der Waals surface area contributed by atoms with Crippen molar-refractivity contribution in [2.45, 2.75) is 18.5 Å². The molecule has 3 saturated heterocycles. The van der Waals surface area contributed by atoms with Crippen LogP contribution in [-0.2, 0) is 14.1 Å². The van der Waals surface area contributed by atoms with Crippen LogP contribution >= 0.6 is 11.6 Å². The first-order valence-electron chi connectivity index (χ1n) is 9.71. The fraction of sp³-hybridized carbons (Fsp3) is 0.350. The number of aryl methyl sites for hydroxylation is 1. The smallest absolute Gasteiger partial charge is 0.264 e. The average molecular weight is 410 g/mol. The van der Waals surface area contributed by atoms with Crippen molar-refractivity contribution in [3.05, 3.63) is 39.9 Å². The Morgan fingerprint density at radius 1 is 1.17 bits per heavy atom. The highest BCUT2D eigenvalue weighted by atomic mass is 35.5. The molecule has 2 N–H and O–H groups in total. The van der Waals surface area contributed by atoms with Crippen LogP contribution < -0.4 is 15.8 Å². The number of halogens is 1. The summed E-state index contributed by atoms with van der Waals surface area (Å²) in [5.74, 6) is 0.709. The maximum Gasteiger partial charge on any atom is 0.264 e. The van der Waals surface area contributed by atoms with E-state index in [-0.39, 0.29) is 5.56 Å². The van der Waals surface area contributed by atoms with Gasteiger partial charge in [-0.3, -0.25) is 14.0 Å². The quantitative estimate of drug-likeness (QED) is 0.529. The molecule has 148 valence electrons. The number of nitrogens with one attached hydrogen (secondary N) is 2. The summed E-state index contributed by atoms with van der Waals surface area (Å²) in [5, 5.41) is 9.92. The van der Waals surface area contributed by atoms with Crippen LogP contribution in [0.15, 0.2) is 29.3 Å². The number of aromatic nitrogens is 5.